The lowest BCUT2D eigenvalue weighted by atomic mass is 10.2. The Kier molecular flexibility index (Phi) is 6.51. The van der Waals surface area contributed by atoms with Gasteiger partial charge in [-0.1, -0.05) is 54.2 Å². The van der Waals surface area contributed by atoms with E-state index in [0.717, 1.165) is 5.56 Å². The van der Waals surface area contributed by atoms with Gasteiger partial charge in [-0.25, -0.2) is 4.39 Å². The Balaban J connectivity index is 1.64. The molecule has 0 aliphatic rings. The van der Waals surface area contributed by atoms with Gasteiger partial charge in [-0.3, -0.25) is 9.36 Å². The number of thioether (sulfide) groups is 1. The highest BCUT2D eigenvalue weighted by Crippen LogP contribution is 2.31. The molecule has 1 amide bonds. The topological polar surface area (TPSA) is 69.0 Å². The number of hydrogen-bond acceptors (Lipinski definition) is 5. The Morgan fingerprint density at radius 2 is 1.69 bits per heavy atom. The molecule has 1 N–H and O–H groups in total. The van der Waals surface area contributed by atoms with Crippen LogP contribution in [0.5, 0.6) is 5.75 Å². The summed E-state index contributed by atoms with van der Waals surface area (Å²) in [7, 11) is 1.56. The largest absolute Gasteiger partial charge is 0.495 e. The first kappa shape index (κ1) is 21.6. The fourth-order valence-electron chi connectivity index (χ4n) is 3.14. The van der Waals surface area contributed by atoms with Gasteiger partial charge in [0.1, 0.15) is 11.6 Å². The van der Waals surface area contributed by atoms with Gasteiger partial charge in [0, 0.05) is 11.3 Å². The SMILES string of the molecule is COc1ccccc1NC(=O)C(C)Sc1nnc(-c2ccccc2)n1-c1ccc(F)cc1. The number of aromatic nitrogens is 3. The van der Waals surface area contributed by atoms with Gasteiger partial charge in [0.25, 0.3) is 0 Å². The van der Waals surface area contributed by atoms with Crippen molar-refractivity contribution >= 4 is 23.4 Å². The van der Waals surface area contributed by atoms with E-state index in [2.05, 4.69) is 15.5 Å². The van der Waals surface area contributed by atoms with Crippen LogP contribution in [0.3, 0.4) is 0 Å². The minimum Gasteiger partial charge on any atom is -0.495 e. The number of para-hydroxylation sites is 2. The second-order valence-electron chi connectivity index (χ2n) is 6.93. The second kappa shape index (κ2) is 9.65. The number of carbonyl (C=O) groups is 1. The molecule has 4 aromatic rings. The van der Waals surface area contributed by atoms with Gasteiger partial charge in [-0.15, -0.1) is 10.2 Å². The molecule has 32 heavy (non-hydrogen) atoms. The molecule has 1 unspecified atom stereocenters. The quantitative estimate of drug-likeness (QED) is 0.394. The van der Waals surface area contributed by atoms with Crippen LogP contribution in [0.25, 0.3) is 17.1 Å². The predicted octanol–water partition coefficient (Wildman–Crippen LogP) is 5.20. The summed E-state index contributed by atoms with van der Waals surface area (Å²) >= 11 is 1.27. The fourth-order valence-corrected chi connectivity index (χ4v) is 4.00. The van der Waals surface area contributed by atoms with Crippen molar-refractivity contribution in [3.63, 3.8) is 0 Å². The summed E-state index contributed by atoms with van der Waals surface area (Å²) in [5, 5.41) is 11.6. The highest BCUT2D eigenvalue weighted by molar-refractivity contribution is 8.00. The number of nitrogens with zero attached hydrogens (tertiary/aromatic N) is 3. The van der Waals surface area contributed by atoms with Gasteiger partial charge < -0.3 is 10.1 Å². The van der Waals surface area contributed by atoms with Crippen molar-refractivity contribution < 1.29 is 13.9 Å². The third-order valence-corrected chi connectivity index (χ3v) is 5.81. The van der Waals surface area contributed by atoms with Crippen LogP contribution in [0.4, 0.5) is 10.1 Å². The lowest BCUT2D eigenvalue weighted by Crippen LogP contribution is -2.23. The normalized spacial score (nSPS) is 11.7. The zero-order valence-corrected chi connectivity index (χ0v) is 18.3. The molecule has 162 valence electrons. The van der Waals surface area contributed by atoms with E-state index in [0.29, 0.717) is 28.1 Å². The second-order valence-corrected chi connectivity index (χ2v) is 8.24. The third-order valence-electron chi connectivity index (χ3n) is 4.77. The standard InChI is InChI=1S/C24H21FN4O2S/c1-16(23(30)26-20-10-6-7-11-21(20)31-2)32-24-28-27-22(17-8-4-3-5-9-17)29(24)19-14-12-18(25)13-15-19/h3-16H,1-2H3,(H,26,30). The summed E-state index contributed by atoms with van der Waals surface area (Å²) in [5.41, 5.74) is 2.16. The van der Waals surface area contributed by atoms with E-state index in [1.54, 1.807) is 38.3 Å². The Morgan fingerprint density at radius 1 is 1.00 bits per heavy atom. The molecule has 8 heteroatoms. The van der Waals surface area contributed by atoms with Crippen LogP contribution >= 0.6 is 11.8 Å². The maximum Gasteiger partial charge on any atom is 0.237 e. The number of anilines is 1. The number of carbonyl (C=O) groups excluding carboxylic acids is 1. The van der Waals surface area contributed by atoms with Crippen molar-refractivity contribution in [1.29, 1.82) is 0 Å². The van der Waals surface area contributed by atoms with Crippen LogP contribution in [0, 0.1) is 5.82 Å². The molecule has 0 aliphatic carbocycles. The minimum atomic E-state index is -0.480. The number of ether oxygens (including phenoxy) is 1. The van der Waals surface area contributed by atoms with Crippen molar-refractivity contribution in [2.75, 3.05) is 12.4 Å². The first-order valence-electron chi connectivity index (χ1n) is 9.94. The summed E-state index contributed by atoms with van der Waals surface area (Å²) < 4.78 is 20.7. The molecule has 1 aromatic heterocycles. The van der Waals surface area contributed by atoms with E-state index >= 15 is 0 Å². The zero-order valence-electron chi connectivity index (χ0n) is 17.5. The number of hydrogen-bond donors (Lipinski definition) is 1. The average molecular weight is 449 g/mol. The van der Waals surface area contributed by atoms with Gasteiger partial charge in [0.05, 0.1) is 18.0 Å². The summed E-state index contributed by atoms with van der Waals surface area (Å²) in [4.78, 5) is 12.9. The predicted molar refractivity (Wildman–Crippen MR) is 124 cm³/mol. The molecule has 0 spiro atoms. The third kappa shape index (κ3) is 4.65. The number of amides is 1. The van der Waals surface area contributed by atoms with Crippen LogP contribution in [0.2, 0.25) is 0 Å². The molecule has 0 radical (unpaired) electrons. The number of halogens is 1. The zero-order chi connectivity index (χ0) is 22.5. The Labute approximate surface area is 189 Å². The molecule has 0 aliphatic heterocycles. The van der Waals surface area contributed by atoms with Crippen LogP contribution in [-0.4, -0.2) is 33.0 Å². The van der Waals surface area contributed by atoms with Gasteiger partial charge in [0.2, 0.25) is 5.91 Å². The van der Waals surface area contributed by atoms with E-state index in [1.165, 1.54) is 23.9 Å². The van der Waals surface area contributed by atoms with E-state index in [1.807, 2.05) is 47.0 Å². The monoisotopic (exact) mass is 448 g/mol. The van der Waals surface area contributed by atoms with Crippen LogP contribution in [-0.2, 0) is 4.79 Å². The fraction of sp³-hybridized carbons (Fsp3) is 0.125. The van der Waals surface area contributed by atoms with Gasteiger partial charge in [-0.2, -0.15) is 0 Å². The van der Waals surface area contributed by atoms with Crippen molar-refractivity contribution in [3.05, 3.63) is 84.7 Å². The van der Waals surface area contributed by atoms with Crippen molar-refractivity contribution in [2.24, 2.45) is 0 Å². The van der Waals surface area contributed by atoms with Crippen LogP contribution in [0.15, 0.2) is 84.0 Å². The van der Waals surface area contributed by atoms with E-state index in [-0.39, 0.29) is 11.7 Å². The van der Waals surface area contributed by atoms with Crippen molar-refractivity contribution in [3.8, 4) is 22.8 Å². The highest BCUT2D eigenvalue weighted by Gasteiger charge is 2.22. The number of methoxy groups -OCH3 is 1. The maximum atomic E-state index is 13.5. The number of benzene rings is 3. The summed E-state index contributed by atoms with van der Waals surface area (Å²) in [6.07, 6.45) is 0. The number of rotatable bonds is 7. The Morgan fingerprint density at radius 3 is 2.41 bits per heavy atom. The maximum absolute atomic E-state index is 13.5. The smallest absolute Gasteiger partial charge is 0.237 e. The molecule has 0 bridgehead atoms. The molecule has 4 rings (SSSR count). The van der Waals surface area contributed by atoms with Gasteiger partial charge >= 0.3 is 0 Å². The van der Waals surface area contributed by atoms with Gasteiger partial charge in [-0.05, 0) is 43.3 Å². The Hall–Kier alpha value is -3.65. The molecule has 0 saturated heterocycles. The molecule has 1 atom stereocenters. The molecule has 3 aromatic carbocycles. The van der Waals surface area contributed by atoms with E-state index in [4.69, 9.17) is 4.74 Å². The molecule has 0 saturated carbocycles. The molecule has 0 fully saturated rings. The lowest BCUT2D eigenvalue weighted by molar-refractivity contribution is -0.115. The number of nitrogens with one attached hydrogen (secondary N) is 1. The molecule has 6 nitrogen and oxygen atoms in total. The summed E-state index contributed by atoms with van der Waals surface area (Å²) in [6, 6.07) is 22.9. The van der Waals surface area contributed by atoms with Gasteiger partial charge in [0.15, 0.2) is 11.0 Å². The molecular weight excluding hydrogens is 427 g/mol. The highest BCUT2D eigenvalue weighted by atomic mass is 32.2. The summed E-state index contributed by atoms with van der Waals surface area (Å²) in [5.74, 6) is 0.659. The van der Waals surface area contributed by atoms with Crippen LogP contribution < -0.4 is 10.1 Å². The average Bonchev–Trinajstić information content (AvgIpc) is 3.24. The first-order chi connectivity index (χ1) is 15.6. The molecule has 1 heterocycles. The minimum absolute atomic E-state index is 0.200. The first-order valence-corrected chi connectivity index (χ1v) is 10.8. The Bertz CT molecular complexity index is 1210. The van der Waals surface area contributed by atoms with Crippen molar-refractivity contribution in [2.45, 2.75) is 17.3 Å². The summed E-state index contributed by atoms with van der Waals surface area (Å²) in [6.45, 7) is 1.79. The van der Waals surface area contributed by atoms with E-state index < -0.39 is 5.25 Å². The van der Waals surface area contributed by atoms with Crippen LogP contribution in [0.1, 0.15) is 6.92 Å². The van der Waals surface area contributed by atoms with Crippen molar-refractivity contribution in [1.82, 2.24) is 14.8 Å². The van der Waals surface area contributed by atoms with E-state index in [9.17, 15) is 9.18 Å². The molecular formula is C24H21FN4O2S. The lowest BCUT2D eigenvalue weighted by Gasteiger charge is -2.15.